The van der Waals surface area contributed by atoms with E-state index in [9.17, 15) is 8.42 Å². The van der Waals surface area contributed by atoms with E-state index in [0.717, 1.165) is 4.88 Å². The molecule has 0 aliphatic carbocycles. The first-order valence-electron chi connectivity index (χ1n) is 5.42. The molecule has 0 amide bonds. The topological polar surface area (TPSA) is 71.3 Å². The summed E-state index contributed by atoms with van der Waals surface area (Å²) in [6.07, 6.45) is 1.47. The number of halogens is 1. The van der Waals surface area contributed by atoms with E-state index < -0.39 is 10.0 Å². The predicted octanol–water partition coefficient (Wildman–Crippen LogP) is 1.71. The Bertz CT molecular complexity index is 676. The molecule has 0 bridgehead atoms. The number of sulfonamides is 1. The van der Waals surface area contributed by atoms with Crippen LogP contribution >= 0.6 is 22.9 Å². The molecule has 19 heavy (non-hydrogen) atoms. The fourth-order valence-corrected chi connectivity index (χ4v) is 3.80. The Hall–Kier alpha value is -0.860. The molecule has 0 unspecified atom stereocenters. The first-order valence-corrected chi connectivity index (χ1v) is 8.10. The van der Waals surface area contributed by atoms with Crippen molar-refractivity contribution in [3.05, 3.63) is 39.3 Å². The van der Waals surface area contributed by atoms with Gasteiger partial charge in [-0.15, -0.1) is 11.3 Å². The van der Waals surface area contributed by atoms with Gasteiger partial charge in [0.05, 0.1) is 15.8 Å². The maximum absolute atomic E-state index is 12.1. The van der Waals surface area contributed by atoms with Gasteiger partial charge in [-0.25, -0.2) is 13.1 Å². The van der Waals surface area contributed by atoms with E-state index in [1.807, 2.05) is 0 Å². The normalized spacial score (nSPS) is 11.9. The van der Waals surface area contributed by atoms with Crippen molar-refractivity contribution in [2.45, 2.75) is 18.0 Å². The van der Waals surface area contributed by atoms with Crippen LogP contribution in [0.5, 0.6) is 0 Å². The summed E-state index contributed by atoms with van der Waals surface area (Å²) in [7, 11) is -1.90. The van der Waals surface area contributed by atoms with Crippen LogP contribution in [0, 0.1) is 0 Å². The van der Waals surface area contributed by atoms with Crippen molar-refractivity contribution in [1.82, 2.24) is 9.29 Å². The molecule has 2 aromatic rings. The minimum absolute atomic E-state index is 0.140. The highest BCUT2D eigenvalue weighted by atomic mass is 35.5. The maximum Gasteiger partial charge on any atom is 0.242 e. The third kappa shape index (κ3) is 3.37. The van der Waals surface area contributed by atoms with Crippen LogP contribution in [0.2, 0.25) is 4.34 Å². The van der Waals surface area contributed by atoms with Crippen molar-refractivity contribution in [3.8, 4) is 0 Å². The fourth-order valence-electron chi connectivity index (χ4n) is 1.58. The highest BCUT2D eigenvalue weighted by Gasteiger charge is 2.17. The summed E-state index contributed by atoms with van der Waals surface area (Å²) in [5, 5.41) is 9.06. The van der Waals surface area contributed by atoms with Crippen LogP contribution < -0.4 is 4.72 Å². The average molecular weight is 321 g/mol. The van der Waals surface area contributed by atoms with Gasteiger partial charge in [0.25, 0.3) is 0 Å². The fraction of sp³-hybridized carbons (Fsp3) is 0.273. The number of rotatable bonds is 5. The molecule has 2 heterocycles. The molecule has 8 heteroatoms. The second kappa shape index (κ2) is 5.64. The van der Waals surface area contributed by atoms with E-state index in [4.69, 9.17) is 16.7 Å². The SMILES string of the molecule is Cn1cc(S(=O)(=O)NCc2ccc(Cl)s2)cc1CO. The van der Waals surface area contributed by atoms with Crippen LogP contribution in [0.25, 0.3) is 0 Å². The summed E-state index contributed by atoms with van der Waals surface area (Å²) < 4.78 is 28.8. The third-order valence-corrected chi connectivity index (χ3v) is 5.22. The molecule has 0 saturated heterocycles. The molecular weight excluding hydrogens is 308 g/mol. The number of nitrogens with zero attached hydrogens (tertiary/aromatic N) is 1. The van der Waals surface area contributed by atoms with Gasteiger partial charge in [-0.05, 0) is 18.2 Å². The van der Waals surface area contributed by atoms with Crippen LogP contribution in [-0.4, -0.2) is 18.1 Å². The Morgan fingerprint density at radius 3 is 2.74 bits per heavy atom. The minimum atomic E-state index is -3.58. The minimum Gasteiger partial charge on any atom is -0.390 e. The molecule has 0 radical (unpaired) electrons. The molecule has 0 aromatic carbocycles. The lowest BCUT2D eigenvalue weighted by molar-refractivity contribution is 0.272. The summed E-state index contributed by atoms with van der Waals surface area (Å²) >= 11 is 7.11. The molecule has 5 nitrogen and oxygen atoms in total. The summed E-state index contributed by atoms with van der Waals surface area (Å²) in [6, 6.07) is 4.95. The molecule has 0 spiro atoms. The van der Waals surface area contributed by atoms with Gasteiger partial charge in [0.2, 0.25) is 10.0 Å². The number of hydrogen-bond donors (Lipinski definition) is 2. The standard InChI is InChI=1S/C11H13ClN2O3S2/c1-14-6-10(4-8(14)7-15)19(16,17)13-5-9-2-3-11(12)18-9/h2-4,6,13,15H,5,7H2,1H3. The summed E-state index contributed by atoms with van der Waals surface area (Å²) in [5.41, 5.74) is 0.541. The zero-order chi connectivity index (χ0) is 14.0. The second-order valence-electron chi connectivity index (χ2n) is 3.97. The van der Waals surface area contributed by atoms with Crippen molar-refractivity contribution in [1.29, 1.82) is 0 Å². The molecule has 0 saturated carbocycles. The van der Waals surface area contributed by atoms with E-state index in [1.54, 1.807) is 23.7 Å². The molecule has 2 rings (SSSR count). The van der Waals surface area contributed by atoms with E-state index in [1.165, 1.54) is 23.6 Å². The van der Waals surface area contributed by atoms with Gasteiger partial charge in [-0.1, -0.05) is 11.6 Å². The first-order chi connectivity index (χ1) is 8.92. The number of hydrogen-bond acceptors (Lipinski definition) is 4. The van der Waals surface area contributed by atoms with Gasteiger partial charge in [0, 0.05) is 30.4 Å². The summed E-state index contributed by atoms with van der Waals surface area (Å²) in [5.74, 6) is 0. The van der Waals surface area contributed by atoms with Gasteiger partial charge >= 0.3 is 0 Å². The number of aliphatic hydroxyl groups is 1. The lowest BCUT2D eigenvalue weighted by Gasteiger charge is -2.02. The van der Waals surface area contributed by atoms with E-state index in [2.05, 4.69) is 4.72 Å². The highest BCUT2D eigenvalue weighted by Crippen LogP contribution is 2.22. The van der Waals surface area contributed by atoms with Gasteiger partial charge in [-0.2, -0.15) is 0 Å². The van der Waals surface area contributed by atoms with E-state index in [-0.39, 0.29) is 18.0 Å². The average Bonchev–Trinajstić information content (AvgIpc) is 2.93. The van der Waals surface area contributed by atoms with Crippen LogP contribution in [0.15, 0.2) is 29.3 Å². The number of aromatic nitrogens is 1. The maximum atomic E-state index is 12.1. The van der Waals surface area contributed by atoms with Gasteiger partial charge in [-0.3, -0.25) is 0 Å². The number of aryl methyl sites for hydroxylation is 1. The number of aliphatic hydroxyl groups excluding tert-OH is 1. The largest absolute Gasteiger partial charge is 0.390 e. The van der Waals surface area contributed by atoms with Crippen LogP contribution in [-0.2, 0) is 30.2 Å². The Morgan fingerprint density at radius 2 is 2.21 bits per heavy atom. The first kappa shape index (κ1) is 14.5. The Balaban J connectivity index is 2.13. The lowest BCUT2D eigenvalue weighted by atomic mass is 10.5. The van der Waals surface area contributed by atoms with E-state index >= 15 is 0 Å². The lowest BCUT2D eigenvalue weighted by Crippen LogP contribution is -2.22. The van der Waals surface area contributed by atoms with Crippen molar-refractivity contribution in [3.63, 3.8) is 0 Å². The molecule has 0 aliphatic heterocycles. The van der Waals surface area contributed by atoms with Gasteiger partial charge in [0.1, 0.15) is 0 Å². The van der Waals surface area contributed by atoms with Crippen LogP contribution in [0.3, 0.4) is 0 Å². The quantitative estimate of drug-likeness (QED) is 0.881. The number of thiophene rings is 1. The highest BCUT2D eigenvalue weighted by molar-refractivity contribution is 7.89. The molecule has 2 aromatic heterocycles. The predicted molar refractivity (Wildman–Crippen MR) is 74.7 cm³/mol. The molecular formula is C11H13ClN2O3S2. The molecule has 104 valence electrons. The van der Waals surface area contributed by atoms with E-state index in [0.29, 0.717) is 10.0 Å². The molecule has 0 atom stereocenters. The van der Waals surface area contributed by atoms with Crippen LogP contribution in [0.1, 0.15) is 10.6 Å². The van der Waals surface area contributed by atoms with Crippen molar-refractivity contribution in [2.24, 2.45) is 7.05 Å². The summed E-state index contributed by atoms with van der Waals surface area (Å²) in [6.45, 7) is -0.00434. The third-order valence-electron chi connectivity index (χ3n) is 2.62. The molecule has 0 fully saturated rings. The Morgan fingerprint density at radius 1 is 1.47 bits per heavy atom. The van der Waals surface area contributed by atoms with Gasteiger partial charge in [0.15, 0.2) is 0 Å². The Kier molecular flexibility index (Phi) is 4.32. The summed E-state index contributed by atoms with van der Waals surface area (Å²) in [4.78, 5) is 0.980. The molecule has 0 aliphatic rings. The van der Waals surface area contributed by atoms with Crippen molar-refractivity contribution < 1.29 is 13.5 Å². The van der Waals surface area contributed by atoms with Gasteiger partial charge < -0.3 is 9.67 Å². The Labute approximate surface area is 120 Å². The van der Waals surface area contributed by atoms with Crippen molar-refractivity contribution in [2.75, 3.05) is 0 Å². The zero-order valence-electron chi connectivity index (χ0n) is 10.1. The monoisotopic (exact) mass is 320 g/mol. The molecule has 2 N–H and O–H groups in total. The van der Waals surface area contributed by atoms with Crippen LogP contribution in [0.4, 0.5) is 0 Å². The smallest absolute Gasteiger partial charge is 0.242 e. The van der Waals surface area contributed by atoms with Crippen molar-refractivity contribution >= 4 is 33.0 Å². The zero-order valence-corrected chi connectivity index (χ0v) is 12.5. The second-order valence-corrected chi connectivity index (χ2v) is 7.53. The number of nitrogens with one attached hydrogen (secondary N) is 1.